The van der Waals surface area contributed by atoms with E-state index in [0.29, 0.717) is 17.9 Å². The van der Waals surface area contributed by atoms with Crippen molar-refractivity contribution in [1.29, 1.82) is 0 Å². The van der Waals surface area contributed by atoms with E-state index in [1.54, 1.807) is 19.1 Å². The third-order valence-electron chi connectivity index (χ3n) is 12.7. The number of phenolic OH excluding ortho intramolecular Hbond substituents is 1. The van der Waals surface area contributed by atoms with E-state index >= 15 is 0 Å². The number of fused-ring (bicyclic) bond motifs is 2. The summed E-state index contributed by atoms with van der Waals surface area (Å²) in [5.74, 6) is -6.13. The molecule has 20 nitrogen and oxygen atoms in total. The van der Waals surface area contributed by atoms with Gasteiger partial charge in [-0.15, -0.1) is 0 Å². The molecule has 374 valence electrons. The van der Waals surface area contributed by atoms with E-state index in [-0.39, 0.29) is 56.6 Å². The molecule has 3 fully saturated rings. The zero-order valence-electron chi connectivity index (χ0n) is 39.3. The second-order valence-electron chi connectivity index (χ2n) is 18.3. The van der Waals surface area contributed by atoms with Crippen LogP contribution >= 0.6 is 0 Å². The summed E-state index contributed by atoms with van der Waals surface area (Å²) in [7, 11) is 0. The van der Waals surface area contributed by atoms with Crippen LogP contribution in [0, 0.1) is 5.92 Å². The van der Waals surface area contributed by atoms with E-state index < -0.39 is 108 Å². The van der Waals surface area contributed by atoms with Crippen molar-refractivity contribution in [2.75, 3.05) is 26.2 Å². The van der Waals surface area contributed by atoms with Crippen molar-refractivity contribution in [3.05, 3.63) is 59.7 Å². The highest BCUT2D eigenvalue weighted by molar-refractivity contribution is 6.00. The normalized spacial score (nSPS) is 27.7. The van der Waals surface area contributed by atoms with Crippen LogP contribution in [0.4, 0.5) is 0 Å². The molecule has 3 unspecified atom stereocenters. The number of rotatable bonds is 14. The number of amides is 7. The van der Waals surface area contributed by atoms with Crippen LogP contribution in [-0.4, -0.2) is 164 Å². The van der Waals surface area contributed by atoms with Crippen LogP contribution in [0.5, 0.6) is 11.5 Å². The minimum Gasteiger partial charge on any atom is -0.508 e. The summed E-state index contributed by atoms with van der Waals surface area (Å²) in [6.45, 7) is 6.16. The van der Waals surface area contributed by atoms with Gasteiger partial charge in [0, 0.05) is 44.0 Å². The van der Waals surface area contributed by atoms with E-state index in [2.05, 4.69) is 33.5 Å². The summed E-state index contributed by atoms with van der Waals surface area (Å²) in [6.07, 6.45) is 0.327. The molecule has 3 heterocycles. The van der Waals surface area contributed by atoms with Crippen LogP contribution < -0.4 is 31.3 Å². The van der Waals surface area contributed by atoms with Gasteiger partial charge in [0.25, 0.3) is 5.91 Å². The predicted octanol–water partition coefficient (Wildman–Crippen LogP) is -0.232. The van der Waals surface area contributed by atoms with Crippen LogP contribution in [-0.2, 0) is 35.2 Å². The number of aliphatic hydroxyl groups excluding tert-OH is 4. The Balaban J connectivity index is 1.44. The highest BCUT2D eigenvalue weighted by Gasteiger charge is 2.48. The summed E-state index contributed by atoms with van der Waals surface area (Å²) in [4.78, 5) is 101. The Bertz CT molecular complexity index is 2050. The van der Waals surface area contributed by atoms with Gasteiger partial charge >= 0.3 is 0 Å². The lowest BCUT2D eigenvalue weighted by Crippen LogP contribution is -2.62. The average Bonchev–Trinajstić information content (AvgIpc) is 3.85. The Kier molecular flexibility index (Phi) is 19.5. The van der Waals surface area contributed by atoms with Gasteiger partial charge in [0.15, 0.2) is 0 Å². The second-order valence-corrected chi connectivity index (χ2v) is 18.3. The zero-order chi connectivity index (χ0) is 49.7. The predicted molar refractivity (Wildman–Crippen MR) is 247 cm³/mol. The molecule has 3 aliphatic rings. The molecule has 0 aliphatic carbocycles. The van der Waals surface area contributed by atoms with Crippen LogP contribution in [0.2, 0.25) is 0 Å². The fourth-order valence-corrected chi connectivity index (χ4v) is 8.75. The lowest BCUT2D eigenvalue weighted by Gasteiger charge is -2.32. The molecule has 11 atom stereocenters. The zero-order valence-corrected chi connectivity index (χ0v) is 39.3. The molecule has 0 radical (unpaired) electrons. The van der Waals surface area contributed by atoms with Gasteiger partial charge in [0.2, 0.25) is 35.4 Å². The molecule has 2 aromatic carbocycles. The lowest BCUT2D eigenvalue weighted by molar-refractivity contribution is -0.146. The van der Waals surface area contributed by atoms with Crippen molar-refractivity contribution < 1.29 is 63.8 Å². The topological polar surface area (TPSA) is 296 Å². The number of nitrogens with zero attached hydrogens (tertiary/aromatic N) is 2. The number of nitrogens with one attached hydrogen (secondary N) is 5. The summed E-state index contributed by atoms with van der Waals surface area (Å²) in [5.41, 5.74) is 0.634. The van der Waals surface area contributed by atoms with Crippen molar-refractivity contribution in [3.8, 4) is 11.5 Å². The van der Waals surface area contributed by atoms with Crippen molar-refractivity contribution in [2.45, 2.75) is 153 Å². The molecule has 5 rings (SSSR count). The van der Waals surface area contributed by atoms with E-state index in [1.807, 2.05) is 0 Å². The van der Waals surface area contributed by atoms with Crippen LogP contribution in [0.3, 0.4) is 0 Å². The number of benzene rings is 2. The molecule has 3 saturated heterocycles. The number of hydrogen-bond donors (Lipinski definition) is 10. The van der Waals surface area contributed by atoms with Gasteiger partial charge < -0.3 is 66.7 Å². The molecule has 10 N–H and O–H groups in total. The molecule has 0 aromatic heterocycles. The summed E-state index contributed by atoms with van der Waals surface area (Å²) in [5, 5.41) is 66.7. The average molecular weight is 952 g/mol. The molecular formula is C48H69N7O13. The fraction of sp³-hybridized carbons (Fsp3) is 0.604. The number of carbonyl (C=O) groups excluding carboxylic acids is 7. The number of ether oxygens (including phenoxy) is 1. The Morgan fingerprint density at radius 1 is 0.779 bits per heavy atom. The van der Waals surface area contributed by atoms with Crippen molar-refractivity contribution in [3.63, 3.8) is 0 Å². The van der Waals surface area contributed by atoms with Crippen molar-refractivity contribution in [1.82, 2.24) is 36.4 Å². The molecule has 0 bridgehead atoms. The van der Waals surface area contributed by atoms with Gasteiger partial charge in [-0.3, -0.25) is 33.6 Å². The van der Waals surface area contributed by atoms with Crippen molar-refractivity contribution >= 4 is 41.4 Å². The first kappa shape index (κ1) is 53.1. The van der Waals surface area contributed by atoms with E-state index in [1.165, 1.54) is 63.1 Å². The quantitative estimate of drug-likeness (QED) is 0.110. The second kappa shape index (κ2) is 25.0. The minimum absolute atomic E-state index is 0.0459. The maximum atomic E-state index is 14.3. The Hall–Kier alpha value is -5.83. The first-order valence-corrected chi connectivity index (χ1v) is 23.7. The highest BCUT2D eigenvalue weighted by atomic mass is 16.5. The molecule has 68 heavy (non-hydrogen) atoms. The SMILES string of the molecule is CCCCCCCCOc1ccc(C(=O)NC2CCCNC(=O)[C@@H]3[C@@H](O)C(C)CN3C(=O)[C@H]([C@@H](C)O)NC(=O)[C@H](Cc3ccc(O)cc3)NC(=O)[C@@H]3CC(O)CN3C(=O)[C@H]([C@@H](C)O)NC2=O)cc1. The Morgan fingerprint density at radius 2 is 1.40 bits per heavy atom. The smallest absolute Gasteiger partial charge is 0.251 e. The largest absolute Gasteiger partial charge is 0.508 e. The van der Waals surface area contributed by atoms with Gasteiger partial charge in [-0.2, -0.15) is 0 Å². The molecule has 2 aromatic rings. The standard InChI is InChI=1S/C48H69N7O13/c1-5-6-7-8-9-10-22-68-34-19-15-31(16-20-34)42(61)50-35-12-11-21-49-46(65)40-41(60)27(2)25-55(40)48(67)39(29(4)57)53-44(63)36(23-30-13-17-32(58)18-14-30)51-45(64)37-24-33(59)26-54(37)47(66)38(28(3)56)52-43(35)62/h13-20,27-29,33,35-41,56-60H,5-12,21-26H2,1-4H3,(H,49,65)(H,50,61)(H,51,64)(H,52,62)(H,53,63)/t27?,28-,29-,33?,35?,36+,37+,38+,39+,40+,41+/m1/s1. The van der Waals surface area contributed by atoms with Crippen LogP contribution in [0.25, 0.3) is 0 Å². The van der Waals surface area contributed by atoms with Crippen molar-refractivity contribution in [2.24, 2.45) is 5.92 Å². The maximum absolute atomic E-state index is 14.3. The number of unbranched alkanes of at least 4 members (excludes halogenated alkanes) is 5. The third kappa shape index (κ3) is 14.1. The number of aromatic hydroxyl groups is 1. The van der Waals surface area contributed by atoms with E-state index in [4.69, 9.17) is 4.74 Å². The molecule has 3 aliphatic heterocycles. The minimum atomic E-state index is -1.69. The van der Waals surface area contributed by atoms with Gasteiger partial charge in [0.1, 0.15) is 47.8 Å². The summed E-state index contributed by atoms with van der Waals surface area (Å²) < 4.78 is 5.85. The molecular weight excluding hydrogens is 883 g/mol. The monoisotopic (exact) mass is 951 g/mol. The summed E-state index contributed by atoms with van der Waals surface area (Å²) in [6, 6.07) is 2.95. The third-order valence-corrected chi connectivity index (χ3v) is 12.7. The highest BCUT2D eigenvalue weighted by Crippen LogP contribution is 2.26. The molecule has 0 saturated carbocycles. The first-order chi connectivity index (χ1) is 32.4. The summed E-state index contributed by atoms with van der Waals surface area (Å²) >= 11 is 0. The molecule has 20 heteroatoms. The van der Waals surface area contributed by atoms with Gasteiger partial charge in [-0.1, -0.05) is 58.1 Å². The fourth-order valence-electron chi connectivity index (χ4n) is 8.75. The molecule has 0 spiro atoms. The number of aliphatic hydroxyl groups is 4. The Labute approximate surface area is 396 Å². The van der Waals surface area contributed by atoms with Gasteiger partial charge in [0.05, 0.1) is 31.0 Å². The number of hydrogen-bond acceptors (Lipinski definition) is 13. The number of carbonyl (C=O) groups is 7. The molecule has 7 amide bonds. The number of phenols is 1. The van der Waals surface area contributed by atoms with E-state index in [0.717, 1.165) is 35.5 Å². The lowest BCUT2D eigenvalue weighted by atomic mass is 10.0. The van der Waals surface area contributed by atoms with Crippen LogP contribution in [0.15, 0.2) is 48.5 Å². The first-order valence-electron chi connectivity index (χ1n) is 23.7. The Morgan fingerprint density at radius 3 is 2.04 bits per heavy atom. The van der Waals surface area contributed by atoms with Crippen LogP contribution in [0.1, 0.15) is 101 Å². The maximum Gasteiger partial charge on any atom is 0.251 e. The van der Waals surface area contributed by atoms with Gasteiger partial charge in [-0.25, -0.2) is 0 Å². The van der Waals surface area contributed by atoms with E-state index in [9.17, 15) is 59.1 Å². The van der Waals surface area contributed by atoms with Gasteiger partial charge in [-0.05, 0) is 75.1 Å².